The van der Waals surface area contributed by atoms with Crippen molar-refractivity contribution in [1.82, 2.24) is 0 Å². The van der Waals surface area contributed by atoms with Crippen LogP contribution in [-0.4, -0.2) is 5.78 Å². The molecule has 2 rings (SSSR count). The van der Waals surface area contributed by atoms with Gasteiger partial charge in [-0.15, -0.1) is 0 Å². The molecule has 0 unspecified atom stereocenters. The van der Waals surface area contributed by atoms with Gasteiger partial charge in [0.25, 0.3) is 0 Å². The molecule has 2 fully saturated rings. The number of rotatable bonds is 2. The van der Waals surface area contributed by atoms with E-state index in [9.17, 15) is 4.79 Å². The molecule has 0 heterocycles. The predicted octanol–water partition coefficient (Wildman–Crippen LogP) is 3.18. The minimum atomic E-state index is 0.446. The van der Waals surface area contributed by atoms with Gasteiger partial charge in [0, 0.05) is 11.8 Å². The van der Waals surface area contributed by atoms with E-state index in [1.54, 1.807) is 0 Å². The Balaban J connectivity index is 1.83. The third-order valence-corrected chi connectivity index (χ3v) is 3.93. The SMILES string of the molecule is CC1CCC(C(=O)C2CCC2)CC1. The van der Waals surface area contributed by atoms with Crippen LogP contribution >= 0.6 is 0 Å². The normalized spacial score (nSPS) is 35.5. The van der Waals surface area contributed by atoms with E-state index in [1.807, 2.05) is 0 Å². The summed E-state index contributed by atoms with van der Waals surface area (Å²) in [4.78, 5) is 11.9. The second kappa shape index (κ2) is 3.81. The van der Waals surface area contributed by atoms with Gasteiger partial charge in [-0.1, -0.05) is 26.2 Å². The second-order valence-corrected chi connectivity index (χ2v) is 4.99. The molecule has 74 valence electrons. The third kappa shape index (κ3) is 1.95. The zero-order valence-corrected chi connectivity index (χ0v) is 8.59. The van der Waals surface area contributed by atoms with Gasteiger partial charge < -0.3 is 0 Å². The van der Waals surface area contributed by atoms with E-state index in [2.05, 4.69) is 6.92 Å². The van der Waals surface area contributed by atoms with Crippen LogP contribution in [0.5, 0.6) is 0 Å². The van der Waals surface area contributed by atoms with Gasteiger partial charge in [0.05, 0.1) is 0 Å². The van der Waals surface area contributed by atoms with Gasteiger partial charge in [0.15, 0.2) is 0 Å². The molecule has 0 N–H and O–H groups in total. The topological polar surface area (TPSA) is 17.1 Å². The molecule has 0 atom stereocenters. The quantitative estimate of drug-likeness (QED) is 0.638. The first kappa shape index (κ1) is 9.23. The van der Waals surface area contributed by atoms with Crippen LogP contribution in [-0.2, 0) is 4.79 Å². The summed E-state index contributed by atoms with van der Waals surface area (Å²) >= 11 is 0. The maximum absolute atomic E-state index is 11.9. The molecule has 2 aliphatic carbocycles. The number of hydrogen-bond donors (Lipinski definition) is 0. The highest BCUT2D eigenvalue weighted by molar-refractivity contribution is 5.84. The van der Waals surface area contributed by atoms with E-state index in [-0.39, 0.29) is 0 Å². The zero-order valence-electron chi connectivity index (χ0n) is 8.59. The Hall–Kier alpha value is -0.330. The number of carbonyl (C=O) groups is 1. The monoisotopic (exact) mass is 180 g/mol. The van der Waals surface area contributed by atoms with Crippen molar-refractivity contribution < 1.29 is 4.79 Å². The molecule has 1 nitrogen and oxygen atoms in total. The van der Waals surface area contributed by atoms with Gasteiger partial charge in [0.2, 0.25) is 0 Å². The number of Topliss-reactive ketones (excluding diaryl/α,β-unsaturated/α-hetero) is 1. The molecule has 0 bridgehead atoms. The first-order valence-electron chi connectivity index (χ1n) is 5.81. The fourth-order valence-electron chi connectivity index (χ4n) is 2.57. The highest BCUT2D eigenvalue weighted by Gasteiger charge is 2.32. The number of ketones is 1. The van der Waals surface area contributed by atoms with Gasteiger partial charge >= 0.3 is 0 Å². The Bertz CT molecular complexity index is 185. The van der Waals surface area contributed by atoms with Crippen molar-refractivity contribution in [1.29, 1.82) is 0 Å². The molecule has 0 aliphatic heterocycles. The van der Waals surface area contributed by atoms with Gasteiger partial charge in [-0.25, -0.2) is 0 Å². The van der Waals surface area contributed by atoms with Gasteiger partial charge in [-0.05, 0) is 31.6 Å². The largest absolute Gasteiger partial charge is 0.299 e. The van der Waals surface area contributed by atoms with Crippen LogP contribution in [0.25, 0.3) is 0 Å². The van der Waals surface area contributed by atoms with Crippen molar-refractivity contribution in [2.24, 2.45) is 17.8 Å². The molecule has 1 heteroatoms. The lowest BCUT2D eigenvalue weighted by Gasteiger charge is -2.31. The molecular weight excluding hydrogens is 160 g/mol. The Kier molecular flexibility index (Phi) is 2.71. The van der Waals surface area contributed by atoms with E-state index >= 15 is 0 Å². The highest BCUT2D eigenvalue weighted by Crippen LogP contribution is 2.36. The second-order valence-electron chi connectivity index (χ2n) is 4.99. The van der Waals surface area contributed by atoms with Crippen molar-refractivity contribution in [3.8, 4) is 0 Å². The van der Waals surface area contributed by atoms with Crippen molar-refractivity contribution in [3.05, 3.63) is 0 Å². The third-order valence-electron chi connectivity index (χ3n) is 3.93. The highest BCUT2D eigenvalue weighted by atomic mass is 16.1. The summed E-state index contributed by atoms with van der Waals surface area (Å²) in [6, 6.07) is 0. The van der Waals surface area contributed by atoms with Gasteiger partial charge in [-0.2, -0.15) is 0 Å². The summed E-state index contributed by atoms with van der Waals surface area (Å²) in [6.07, 6.45) is 8.58. The molecule has 0 aromatic heterocycles. The standard InChI is InChI=1S/C12H20O/c1-9-5-7-11(8-6-9)12(13)10-3-2-4-10/h9-11H,2-8H2,1H3. The first-order chi connectivity index (χ1) is 6.27. The van der Waals surface area contributed by atoms with Gasteiger partial charge in [-0.3, -0.25) is 4.79 Å². The van der Waals surface area contributed by atoms with Crippen LogP contribution in [0.1, 0.15) is 51.9 Å². The minimum Gasteiger partial charge on any atom is -0.299 e. The van der Waals surface area contributed by atoms with Crippen LogP contribution in [0.4, 0.5) is 0 Å². The predicted molar refractivity (Wildman–Crippen MR) is 53.5 cm³/mol. The minimum absolute atomic E-state index is 0.446. The number of carbonyl (C=O) groups excluding carboxylic acids is 1. The van der Waals surface area contributed by atoms with Gasteiger partial charge in [0.1, 0.15) is 5.78 Å². The zero-order chi connectivity index (χ0) is 9.26. The molecule has 0 aromatic carbocycles. The van der Waals surface area contributed by atoms with Crippen LogP contribution in [0.3, 0.4) is 0 Å². The maximum Gasteiger partial charge on any atom is 0.139 e. The Labute approximate surface area is 80.9 Å². The summed E-state index contributed by atoms with van der Waals surface area (Å²) < 4.78 is 0. The lowest BCUT2D eigenvalue weighted by molar-refractivity contribution is -0.130. The molecule has 0 aromatic rings. The molecule has 0 spiro atoms. The van der Waals surface area contributed by atoms with E-state index in [1.165, 1.54) is 44.9 Å². The summed E-state index contributed by atoms with van der Waals surface area (Å²) in [5.41, 5.74) is 0. The van der Waals surface area contributed by atoms with Crippen molar-refractivity contribution >= 4 is 5.78 Å². The number of hydrogen-bond acceptors (Lipinski definition) is 1. The molecule has 0 amide bonds. The summed E-state index contributed by atoms with van der Waals surface area (Å²) in [5, 5.41) is 0. The van der Waals surface area contributed by atoms with E-state index in [4.69, 9.17) is 0 Å². The molecular formula is C12H20O. The van der Waals surface area contributed by atoms with Crippen molar-refractivity contribution in [2.75, 3.05) is 0 Å². The smallest absolute Gasteiger partial charge is 0.139 e. The lowest BCUT2D eigenvalue weighted by atomic mass is 9.72. The molecule has 2 aliphatic rings. The van der Waals surface area contributed by atoms with Crippen LogP contribution in [0, 0.1) is 17.8 Å². The average Bonchev–Trinajstić information content (AvgIpc) is 2.02. The van der Waals surface area contributed by atoms with Crippen molar-refractivity contribution in [2.45, 2.75) is 51.9 Å². The Morgan fingerprint density at radius 2 is 1.46 bits per heavy atom. The van der Waals surface area contributed by atoms with Crippen molar-refractivity contribution in [3.63, 3.8) is 0 Å². The Morgan fingerprint density at radius 3 is 1.92 bits per heavy atom. The molecule has 2 saturated carbocycles. The van der Waals surface area contributed by atoms with E-state index in [0.717, 1.165) is 5.92 Å². The summed E-state index contributed by atoms with van der Waals surface area (Å²) in [6.45, 7) is 2.31. The van der Waals surface area contributed by atoms with E-state index < -0.39 is 0 Å². The average molecular weight is 180 g/mol. The first-order valence-corrected chi connectivity index (χ1v) is 5.81. The molecule has 0 saturated heterocycles. The fourth-order valence-corrected chi connectivity index (χ4v) is 2.57. The molecule has 0 radical (unpaired) electrons. The maximum atomic E-state index is 11.9. The lowest BCUT2D eigenvalue weighted by Crippen LogP contribution is -2.30. The van der Waals surface area contributed by atoms with Crippen LogP contribution in [0.15, 0.2) is 0 Å². The van der Waals surface area contributed by atoms with Crippen LogP contribution in [0.2, 0.25) is 0 Å². The fraction of sp³-hybridized carbons (Fsp3) is 0.917. The summed E-state index contributed by atoms with van der Waals surface area (Å²) in [5.74, 6) is 2.39. The van der Waals surface area contributed by atoms with E-state index in [0.29, 0.717) is 17.6 Å². The Morgan fingerprint density at radius 1 is 0.923 bits per heavy atom. The summed E-state index contributed by atoms with van der Waals surface area (Å²) in [7, 11) is 0. The molecule has 13 heavy (non-hydrogen) atoms. The van der Waals surface area contributed by atoms with Crippen LogP contribution < -0.4 is 0 Å².